The highest BCUT2D eigenvalue weighted by atomic mass is 16.7. The third-order valence-electron chi connectivity index (χ3n) is 4.51. The summed E-state index contributed by atoms with van der Waals surface area (Å²) in [6.07, 6.45) is 1.60. The van der Waals surface area contributed by atoms with Gasteiger partial charge in [0.25, 0.3) is 5.69 Å². The van der Waals surface area contributed by atoms with Crippen LogP contribution in [-0.4, -0.2) is 37.9 Å². The molecule has 11 heteroatoms. The van der Waals surface area contributed by atoms with E-state index in [9.17, 15) is 14.9 Å². The maximum absolute atomic E-state index is 13.0. The third-order valence-corrected chi connectivity index (χ3v) is 4.51. The van der Waals surface area contributed by atoms with Crippen molar-refractivity contribution < 1.29 is 23.9 Å². The zero-order valence-electron chi connectivity index (χ0n) is 16.4. The average Bonchev–Trinajstić information content (AvgIpc) is 3.21. The number of carbonyl (C=O) groups is 1. The van der Waals surface area contributed by atoms with Gasteiger partial charge in [-0.1, -0.05) is 30.3 Å². The van der Waals surface area contributed by atoms with Gasteiger partial charge in [0.1, 0.15) is 12.4 Å². The maximum atomic E-state index is 13.0. The fraction of sp³-hybridized carbons (Fsp3) is 0.200. The second-order valence-electron chi connectivity index (χ2n) is 6.62. The number of hydrogen-bond acceptors (Lipinski definition) is 9. The van der Waals surface area contributed by atoms with Crippen LogP contribution in [0.3, 0.4) is 0 Å². The van der Waals surface area contributed by atoms with Crippen molar-refractivity contribution in [2.75, 3.05) is 6.79 Å². The number of nitro groups is 1. The van der Waals surface area contributed by atoms with E-state index in [1.165, 1.54) is 16.8 Å². The quantitative estimate of drug-likeness (QED) is 0.254. The Morgan fingerprint density at radius 2 is 2.13 bits per heavy atom. The number of aromatic nitrogens is 4. The van der Waals surface area contributed by atoms with Gasteiger partial charge in [-0.15, -0.1) is 5.10 Å². The zero-order chi connectivity index (χ0) is 21.8. The third kappa shape index (κ3) is 4.41. The molecule has 2 heterocycles. The SMILES string of the molecule is Cc1nnnn1/C(=C\c1ccccc1)C(=O)OCc1cc([N+](=O)[O-])cc2c1OCOC2. The van der Waals surface area contributed by atoms with Crippen molar-refractivity contribution >= 4 is 23.4 Å². The summed E-state index contributed by atoms with van der Waals surface area (Å²) < 4.78 is 17.4. The monoisotopic (exact) mass is 423 g/mol. The van der Waals surface area contributed by atoms with Crippen LogP contribution in [0.4, 0.5) is 5.69 Å². The minimum absolute atomic E-state index is 0.00867. The van der Waals surface area contributed by atoms with Crippen LogP contribution in [0.25, 0.3) is 11.8 Å². The molecule has 0 saturated carbocycles. The lowest BCUT2D eigenvalue weighted by molar-refractivity contribution is -0.385. The number of esters is 1. The first-order chi connectivity index (χ1) is 15.0. The molecule has 0 aliphatic carbocycles. The number of ether oxygens (including phenoxy) is 3. The van der Waals surface area contributed by atoms with Crippen LogP contribution in [0.1, 0.15) is 22.5 Å². The molecule has 0 bridgehead atoms. The smallest absolute Gasteiger partial charge is 0.357 e. The van der Waals surface area contributed by atoms with Crippen LogP contribution in [0.15, 0.2) is 42.5 Å². The molecule has 0 N–H and O–H groups in total. The van der Waals surface area contributed by atoms with Crippen LogP contribution < -0.4 is 4.74 Å². The molecule has 0 amide bonds. The number of fused-ring (bicyclic) bond motifs is 1. The van der Waals surface area contributed by atoms with E-state index in [1.807, 2.05) is 30.3 Å². The molecule has 1 aromatic heterocycles. The molecule has 0 unspecified atom stereocenters. The minimum Gasteiger partial charge on any atom is -0.467 e. The van der Waals surface area contributed by atoms with Gasteiger partial charge >= 0.3 is 5.97 Å². The van der Waals surface area contributed by atoms with Crippen molar-refractivity contribution in [3.05, 3.63) is 75.1 Å². The van der Waals surface area contributed by atoms with Gasteiger partial charge in [0, 0.05) is 23.3 Å². The van der Waals surface area contributed by atoms with Crippen molar-refractivity contribution in [3.63, 3.8) is 0 Å². The normalized spacial score (nSPS) is 13.3. The van der Waals surface area contributed by atoms with E-state index in [4.69, 9.17) is 14.2 Å². The highest BCUT2D eigenvalue weighted by molar-refractivity contribution is 6.15. The van der Waals surface area contributed by atoms with Crippen molar-refractivity contribution in [1.82, 2.24) is 20.2 Å². The second kappa shape index (κ2) is 8.71. The van der Waals surface area contributed by atoms with Crippen LogP contribution in [0.5, 0.6) is 5.75 Å². The van der Waals surface area contributed by atoms with Gasteiger partial charge in [-0.3, -0.25) is 10.1 Å². The molecular formula is C20H17N5O6. The number of nitro benzene ring substituents is 1. The van der Waals surface area contributed by atoms with E-state index in [0.29, 0.717) is 22.7 Å². The van der Waals surface area contributed by atoms with Crippen LogP contribution in [-0.2, 0) is 27.5 Å². The van der Waals surface area contributed by atoms with Gasteiger partial charge in [0.05, 0.1) is 11.5 Å². The van der Waals surface area contributed by atoms with Crippen molar-refractivity contribution in [2.45, 2.75) is 20.1 Å². The molecule has 0 atom stereocenters. The number of tetrazole rings is 1. The predicted octanol–water partition coefficient (Wildman–Crippen LogP) is 2.50. The lowest BCUT2D eigenvalue weighted by Crippen LogP contribution is -2.17. The Hall–Kier alpha value is -4.12. The molecule has 158 valence electrons. The minimum atomic E-state index is -0.702. The number of non-ortho nitro benzene ring substituents is 1. The molecule has 0 saturated heterocycles. The van der Waals surface area contributed by atoms with Crippen LogP contribution >= 0.6 is 0 Å². The standard InChI is InChI=1S/C20H17N5O6/c1-13-21-22-23-24(13)18(7-14-5-3-2-4-6-14)20(26)30-11-16-9-17(25(27)28)8-15-10-29-12-31-19(15)16/h2-9H,10-12H2,1H3/b18-7-. The molecule has 1 aliphatic rings. The van der Waals surface area contributed by atoms with E-state index in [1.54, 1.807) is 13.0 Å². The zero-order valence-corrected chi connectivity index (χ0v) is 16.4. The lowest BCUT2D eigenvalue weighted by atomic mass is 10.1. The second-order valence-corrected chi connectivity index (χ2v) is 6.62. The number of hydrogen-bond donors (Lipinski definition) is 0. The summed E-state index contributed by atoms with van der Waals surface area (Å²) in [6.45, 7) is 1.59. The highest BCUT2D eigenvalue weighted by Gasteiger charge is 2.23. The first-order valence-corrected chi connectivity index (χ1v) is 9.23. The van der Waals surface area contributed by atoms with Gasteiger partial charge in [0.2, 0.25) is 0 Å². The topological polar surface area (TPSA) is 132 Å². The molecule has 3 aromatic rings. The predicted molar refractivity (Wildman–Crippen MR) is 106 cm³/mol. The molecule has 4 rings (SSSR count). The summed E-state index contributed by atoms with van der Waals surface area (Å²) in [6, 6.07) is 11.8. The van der Waals surface area contributed by atoms with Gasteiger partial charge in [-0.25, -0.2) is 4.79 Å². The summed E-state index contributed by atoms with van der Waals surface area (Å²) in [4.78, 5) is 23.7. The van der Waals surface area contributed by atoms with Crippen molar-refractivity contribution in [3.8, 4) is 5.75 Å². The Balaban J connectivity index is 1.63. The summed E-state index contributed by atoms with van der Waals surface area (Å²) in [5, 5.41) is 22.5. The van der Waals surface area contributed by atoms with Gasteiger partial charge < -0.3 is 14.2 Å². The van der Waals surface area contributed by atoms with Crippen molar-refractivity contribution in [1.29, 1.82) is 0 Å². The number of nitrogens with zero attached hydrogens (tertiary/aromatic N) is 5. The summed E-state index contributed by atoms with van der Waals surface area (Å²) >= 11 is 0. The largest absolute Gasteiger partial charge is 0.467 e. The summed E-state index contributed by atoms with van der Waals surface area (Å²) in [7, 11) is 0. The van der Waals surface area contributed by atoms with Gasteiger partial charge in [-0.2, -0.15) is 4.68 Å². The first kappa shape index (κ1) is 20.2. The number of rotatable bonds is 6. The molecular weight excluding hydrogens is 406 g/mol. The van der Waals surface area contributed by atoms with E-state index in [0.717, 1.165) is 5.56 Å². The number of carbonyl (C=O) groups excluding carboxylic acids is 1. The molecule has 2 aromatic carbocycles. The summed E-state index contributed by atoms with van der Waals surface area (Å²) in [5.41, 5.74) is 1.58. The van der Waals surface area contributed by atoms with E-state index >= 15 is 0 Å². The Kier molecular flexibility index (Phi) is 5.67. The van der Waals surface area contributed by atoms with Crippen LogP contribution in [0, 0.1) is 17.0 Å². The molecule has 0 fully saturated rings. The highest BCUT2D eigenvalue weighted by Crippen LogP contribution is 2.33. The molecule has 1 aliphatic heterocycles. The Labute approximate surface area is 176 Å². The summed E-state index contributed by atoms with van der Waals surface area (Å²) in [5.74, 6) is 0.107. The Morgan fingerprint density at radius 3 is 2.84 bits per heavy atom. The average molecular weight is 423 g/mol. The van der Waals surface area contributed by atoms with Crippen molar-refractivity contribution in [2.24, 2.45) is 0 Å². The van der Waals surface area contributed by atoms with E-state index < -0.39 is 10.9 Å². The molecule has 0 spiro atoms. The van der Waals surface area contributed by atoms with Crippen LogP contribution in [0.2, 0.25) is 0 Å². The first-order valence-electron chi connectivity index (χ1n) is 9.23. The molecule has 11 nitrogen and oxygen atoms in total. The molecule has 31 heavy (non-hydrogen) atoms. The Bertz CT molecular complexity index is 1160. The molecule has 0 radical (unpaired) electrons. The fourth-order valence-corrected chi connectivity index (χ4v) is 3.08. The fourth-order valence-electron chi connectivity index (χ4n) is 3.08. The van der Waals surface area contributed by atoms with Gasteiger partial charge in [0.15, 0.2) is 18.3 Å². The van der Waals surface area contributed by atoms with E-state index in [-0.39, 0.29) is 31.4 Å². The lowest BCUT2D eigenvalue weighted by Gasteiger charge is -2.20. The number of aryl methyl sites for hydroxylation is 1. The Morgan fingerprint density at radius 1 is 1.32 bits per heavy atom. The van der Waals surface area contributed by atoms with E-state index in [2.05, 4.69) is 15.5 Å². The number of benzene rings is 2. The van der Waals surface area contributed by atoms with Gasteiger partial charge in [-0.05, 0) is 29.0 Å². The maximum Gasteiger partial charge on any atom is 0.357 e.